The molecule has 2 aromatic rings. The fourth-order valence-electron chi connectivity index (χ4n) is 4.13. The molecule has 0 bridgehead atoms. The molecule has 1 heterocycles. The van der Waals surface area contributed by atoms with Crippen molar-refractivity contribution in [2.75, 3.05) is 19.8 Å². The first-order valence-corrected chi connectivity index (χ1v) is 12.0. The fraction of sp³-hybridized carbons (Fsp3) is 0.250. The summed E-state index contributed by atoms with van der Waals surface area (Å²) in [5.74, 6) is 0.810. The summed E-state index contributed by atoms with van der Waals surface area (Å²) in [5.41, 5.74) is 5.15. The van der Waals surface area contributed by atoms with E-state index in [0.29, 0.717) is 31.0 Å². The molecule has 7 heteroatoms. The maximum Gasteiger partial charge on any atom is 0.259 e. The molecule has 1 amide bonds. The van der Waals surface area contributed by atoms with Crippen molar-refractivity contribution in [3.63, 3.8) is 0 Å². The first-order chi connectivity index (χ1) is 17.2. The highest BCUT2D eigenvalue weighted by Gasteiger charge is 2.33. The van der Waals surface area contributed by atoms with Gasteiger partial charge in [0.1, 0.15) is 25.9 Å². The summed E-state index contributed by atoms with van der Waals surface area (Å²) in [6.45, 7) is 2.36. The van der Waals surface area contributed by atoms with Gasteiger partial charge in [-0.15, -0.1) is 4.91 Å². The Labute approximate surface area is 207 Å². The summed E-state index contributed by atoms with van der Waals surface area (Å²) >= 11 is 0. The summed E-state index contributed by atoms with van der Waals surface area (Å²) in [4.78, 5) is 25.8. The third-order valence-corrected chi connectivity index (χ3v) is 5.89. The lowest BCUT2D eigenvalue weighted by Gasteiger charge is -2.21. The zero-order valence-corrected chi connectivity index (χ0v) is 20.0. The maximum absolute atomic E-state index is 13.4. The average Bonchev–Trinajstić information content (AvgIpc) is 3.16. The normalized spacial score (nSPS) is 16.4. The van der Waals surface area contributed by atoms with E-state index in [1.165, 1.54) is 0 Å². The largest absolute Gasteiger partial charge is 0.491 e. The SMILES string of the molecule is BCCOCCOc1ccc(CN2C(=O)/C(=C\C=C\c3ccc(N=O)cc3)C3=C2CCC=C3)cc1. The Morgan fingerprint density at radius 3 is 2.57 bits per heavy atom. The van der Waals surface area contributed by atoms with E-state index < -0.39 is 0 Å². The summed E-state index contributed by atoms with van der Waals surface area (Å²) in [6.07, 6.45) is 12.6. The van der Waals surface area contributed by atoms with Gasteiger partial charge in [-0.05, 0) is 59.5 Å². The Balaban J connectivity index is 1.43. The van der Waals surface area contributed by atoms with E-state index in [1.807, 2.05) is 59.5 Å². The monoisotopic (exact) mass is 468 g/mol. The van der Waals surface area contributed by atoms with Crippen LogP contribution in [-0.2, 0) is 16.1 Å². The number of benzene rings is 2. The van der Waals surface area contributed by atoms with Crippen LogP contribution in [0.4, 0.5) is 5.69 Å². The van der Waals surface area contributed by atoms with Crippen LogP contribution in [0.25, 0.3) is 6.08 Å². The minimum Gasteiger partial charge on any atom is -0.491 e. The van der Waals surface area contributed by atoms with Crippen LogP contribution in [0.5, 0.6) is 5.75 Å². The zero-order valence-electron chi connectivity index (χ0n) is 20.0. The van der Waals surface area contributed by atoms with Gasteiger partial charge < -0.3 is 14.4 Å². The maximum atomic E-state index is 13.4. The first-order valence-electron chi connectivity index (χ1n) is 12.0. The van der Waals surface area contributed by atoms with E-state index in [2.05, 4.69) is 25.2 Å². The Hall–Kier alpha value is -3.71. The van der Waals surface area contributed by atoms with Gasteiger partial charge in [-0.2, -0.15) is 0 Å². The highest BCUT2D eigenvalue weighted by Crippen LogP contribution is 2.37. The summed E-state index contributed by atoms with van der Waals surface area (Å²) in [6, 6.07) is 14.9. The zero-order chi connectivity index (χ0) is 24.5. The Morgan fingerprint density at radius 1 is 1.03 bits per heavy atom. The molecule has 178 valence electrons. The van der Waals surface area contributed by atoms with Crippen LogP contribution in [0.15, 0.2) is 94.9 Å². The number of carbonyl (C=O) groups excluding carboxylic acids is 1. The molecule has 2 aliphatic rings. The van der Waals surface area contributed by atoms with Gasteiger partial charge in [0.2, 0.25) is 0 Å². The van der Waals surface area contributed by atoms with Crippen LogP contribution in [0, 0.1) is 4.91 Å². The van der Waals surface area contributed by atoms with Crippen molar-refractivity contribution in [2.24, 2.45) is 5.18 Å². The molecule has 0 saturated heterocycles. The number of nitrogens with zero attached hydrogens (tertiary/aromatic N) is 2. The Bertz CT molecular complexity index is 1160. The van der Waals surface area contributed by atoms with E-state index in [4.69, 9.17) is 9.47 Å². The minimum atomic E-state index is 0.0140. The van der Waals surface area contributed by atoms with Gasteiger partial charge in [-0.3, -0.25) is 4.79 Å². The van der Waals surface area contributed by atoms with E-state index in [0.717, 1.165) is 53.9 Å². The number of nitroso groups, excluding NO2 is 1. The second kappa shape index (κ2) is 12.1. The minimum absolute atomic E-state index is 0.0140. The molecular weight excluding hydrogens is 439 g/mol. The highest BCUT2D eigenvalue weighted by molar-refractivity contribution is 6.08. The number of amides is 1. The van der Waals surface area contributed by atoms with E-state index in [9.17, 15) is 9.70 Å². The summed E-state index contributed by atoms with van der Waals surface area (Å²) < 4.78 is 11.2. The van der Waals surface area contributed by atoms with E-state index in [1.54, 1.807) is 12.1 Å². The number of rotatable bonds is 11. The molecule has 35 heavy (non-hydrogen) atoms. The van der Waals surface area contributed by atoms with Crippen LogP contribution in [0.2, 0.25) is 6.32 Å². The fourth-order valence-corrected chi connectivity index (χ4v) is 4.13. The second-order valence-corrected chi connectivity index (χ2v) is 8.42. The van der Waals surface area contributed by atoms with Gasteiger partial charge in [-0.25, -0.2) is 0 Å². The standard InChI is InChI=1S/C28H29BN2O4/c29-16-17-34-18-19-35-24-14-10-22(11-15-24)20-31-27-7-2-1-5-25(27)26(28(31)32)6-3-4-21-8-12-23(30-33)13-9-21/h1,3-6,8-15H,2,7,16-20,29H2/b4-3+,26-6-. The predicted octanol–water partition coefficient (Wildman–Crippen LogP) is 5.12. The lowest BCUT2D eigenvalue weighted by atomic mass is 9.99. The molecule has 0 spiro atoms. The van der Waals surface area contributed by atoms with Crippen LogP contribution < -0.4 is 4.74 Å². The second-order valence-electron chi connectivity index (χ2n) is 8.42. The third-order valence-electron chi connectivity index (χ3n) is 5.89. The smallest absolute Gasteiger partial charge is 0.259 e. The topological polar surface area (TPSA) is 68.2 Å². The van der Waals surface area contributed by atoms with Crippen LogP contribution in [0.3, 0.4) is 0 Å². The molecule has 0 aromatic heterocycles. The van der Waals surface area contributed by atoms with Gasteiger partial charge in [0.05, 0.1) is 13.2 Å². The number of hydrogen-bond donors (Lipinski definition) is 0. The molecule has 0 unspecified atom stereocenters. The van der Waals surface area contributed by atoms with Crippen molar-refractivity contribution in [2.45, 2.75) is 25.7 Å². The van der Waals surface area contributed by atoms with E-state index in [-0.39, 0.29) is 5.91 Å². The van der Waals surface area contributed by atoms with Crippen LogP contribution in [-0.4, -0.2) is 38.5 Å². The van der Waals surface area contributed by atoms with Gasteiger partial charge in [-0.1, -0.05) is 54.9 Å². The first kappa shape index (κ1) is 24.4. The van der Waals surface area contributed by atoms with Crippen LogP contribution >= 0.6 is 0 Å². The Kier molecular flexibility index (Phi) is 8.46. The molecule has 0 fully saturated rings. The molecular formula is C28H29BN2O4. The van der Waals surface area contributed by atoms with Gasteiger partial charge in [0, 0.05) is 23.5 Å². The summed E-state index contributed by atoms with van der Waals surface area (Å²) in [7, 11) is 2.08. The van der Waals surface area contributed by atoms with Gasteiger partial charge in [0.15, 0.2) is 0 Å². The molecule has 1 aliphatic heterocycles. The molecule has 2 aromatic carbocycles. The average molecular weight is 468 g/mol. The molecule has 1 aliphatic carbocycles. The Morgan fingerprint density at radius 2 is 1.83 bits per heavy atom. The predicted molar refractivity (Wildman–Crippen MR) is 141 cm³/mol. The van der Waals surface area contributed by atoms with E-state index >= 15 is 0 Å². The molecule has 4 rings (SSSR count). The van der Waals surface area contributed by atoms with Crippen molar-refractivity contribution >= 4 is 25.5 Å². The summed E-state index contributed by atoms with van der Waals surface area (Å²) in [5, 5.41) is 2.92. The van der Waals surface area contributed by atoms with Crippen molar-refractivity contribution in [3.05, 3.63) is 106 Å². The molecule has 0 saturated carbocycles. The van der Waals surface area contributed by atoms with Crippen molar-refractivity contribution in [1.29, 1.82) is 0 Å². The lowest BCUT2D eigenvalue weighted by Crippen LogP contribution is -2.25. The number of ether oxygens (including phenoxy) is 2. The van der Waals surface area contributed by atoms with Gasteiger partial charge >= 0.3 is 0 Å². The van der Waals surface area contributed by atoms with Crippen molar-refractivity contribution in [3.8, 4) is 5.75 Å². The lowest BCUT2D eigenvalue weighted by molar-refractivity contribution is -0.124. The molecule has 0 N–H and O–H groups in total. The number of hydrogen-bond acceptors (Lipinski definition) is 5. The highest BCUT2D eigenvalue weighted by atomic mass is 16.5. The molecule has 0 atom stereocenters. The van der Waals surface area contributed by atoms with Crippen molar-refractivity contribution in [1.82, 2.24) is 4.90 Å². The quantitative estimate of drug-likeness (QED) is 0.199. The van der Waals surface area contributed by atoms with Crippen molar-refractivity contribution < 1.29 is 14.3 Å². The van der Waals surface area contributed by atoms with Gasteiger partial charge in [0.25, 0.3) is 5.91 Å². The van der Waals surface area contributed by atoms with Crippen LogP contribution in [0.1, 0.15) is 24.0 Å². The molecule has 0 radical (unpaired) electrons. The number of allylic oxidation sites excluding steroid dienone is 5. The number of carbonyl (C=O) groups is 1. The third kappa shape index (κ3) is 6.25. The molecule has 6 nitrogen and oxygen atoms in total.